The number of nitrogens with zero attached hydrogens (tertiary/aromatic N) is 2. The number of carbonyl (C=O) groups excluding carboxylic acids is 1. The summed E-state index contributed by atoms with van der Waals surface area (Å²) in [6.45, 7) is 0.414. The third-order valence-electron chi connectivity index (χ3n) is 4.14. The van der Waals surface area contributed by atoms with E-state index in [1.165, 1.54) is 12.1 Å². The quantitative estimate of drug-likeness (QED) is 0.743. The molecule has 2 aromatic rings. The van der Waals surface area contributed by atoms with Crippen molar-refractivity contribution in [3.8, 4) is 11.3 Å². The van der Waals surface area contributed by atoms with E-state index >= 15 is 0 Å². The first-order valence-corrected chi connectivity index (χ1v) is 8.09. The molecular formula is C17H16ClF5N4O. The Morgan fingerprint density at radius 2 is 2.00 bits per heavy atom. The molecule has 1 fully saturated rings. The van der Waals surface area contributed by atoms with Crippen molar-refractivity contribution in [1.29, 1.82) is 0 Å². The molecule has 0 bridgehead atoms. The minimum Gasteiger partial charge on any atom is -0.351 e. The summed E-state index contributed by atoms with van der Waals surface area (Å²) < 4.78 is 65.2. The van der Waals surface area contributed by atoms with Crippen LogP contribution < -0.4 is 10.6 Å². The topological polar surface area (TPSA) is 66.9 Å². The predicted octanol–water partition coefficient (Wildman–Crippen LogP) is 3.04. The zero-order valence-corrected chi connectivity index (χ0v) is 15.1. The molecule has 2 heterocycles. The minimum atomic E-state index is -4.64. The van der Waals surface area contributed by atoms with Crippen LogP contribution in [0.3, 0.4) is 0 Å². The number of alkyl halides is 4. The molecule has 1 amide bonds. The lowest BCUT2D eigenvalue weighted by Gasteiger charge is -2.14. The number of benzene rings is 1. The molecule has 1 saturated heterocycles. The monoisotopic (exact) mass is 422 g/mol. The second kappa shape index (κ2) is 8.78. The summed E-state index contributed by atoms with van der Waals surface area (Å²) in [7, 11) is 0. The van der Waals surface area contributed by atoms with Gasteiger partial charge in [-0.15, -0.1) is 12.4 Å². The van der Waals surface area contributed by atoms with Gasteiger partial charge in [-0.1, -0.05) is 6.07 Å². The first kappa shape index (κ1) is 22.0. The molecule has 0 radical (unpaired) electrons. The smallest absolute Gasteiger partial charge is 0.351 e. The lowest BCUT2D eigenvalue weighted by molar-refractivity contribution is -0.141. The van der Waals surface area contributed by atoms with E-state index in [2.05, 4.69) is 20.6 Å². The van der Waals surface area contributed by atoms with E-state index in [1.807, 2.05) is 0 Å². The SMILES string of the molecule is Cl.O=C(NCc1ccc(F)c(-c2cnc(C(F)(F)F)cn2)c1)[C@H]1NCC[C@@H]1F. The molecule has 2 N–H and O–H groups in total. The Labute approximate surface area is 163 Å². The van der Waals surface area contributed by atoms with Gasteiger partial charge in [0.1, 0.15) is 18.0 Å². The van der Waals surface area contributed by atoms with Crippen molar-refractivity contribution in [2.45, 2.75) is 31.4 Å². The Hall–Kier alpha value is -2.33. The fraction of sp³-hybridized carbons (Fsp3) is 0.353. The molecule has 11 heteroatoms. The molecule has 5 nitrogen and oxygen atoms in total. The maximum absolute atomic E-state index is 14.0. The van der Waals surface area contributed by atoms with E-state index < -0.39 is 35.8 Å². The van der Waals surface area contributed by atoms with E-state index in [-0.39, 0.29) is 36.6 Å². The Balaban J connectivity index is 0.00000280. The van der Waals surface area contributed by atoms with Crippen LogP contribution in [0.25, 0.3) is 11.3 Å². The second-order valence-electron chi connectivity index (χ2n) is 6.05. The molecule has 1 aromatic heterocycles. The van der Waals surface area contributed by atoms with Crippen LogP contribution in [0.4, 0.5) is 22.0 Å². The normalized spacial score (nSPS) is 19.2. The van der Waals surface area contributed by atoms with Crippen molar-refractivity contribution in [3.05, 3.63) is 47.7 Å². The summed E-state index contributed by atoms with van der Waals surface area (Å²) in [5.74, 6) is -1.21. The lowest BCUT2D eigenvalue weighted by atomic mass is 10.1. The molecule has 0 saturated carbocycles. The number of aromatic nitrogens is 2. The average Bonchev–Trinajstić information content (AvgIpc) is 3.06. The summed E-state index contributed by atoms with van der Waals surface area (Å²) >= 11 is 0. The molecule has 0 spiro atoms. The zero-order chi connectivity index (χ0) is 19.6. The van der Waals surface area contributed by atoms with Crippen molar-refractivity contribution >= 4 is 18.3 Å². The Morgan fingerprint density at radius 3 is 2.57 bits per heavy atom. The molecular weight excluding hydrogens is 407 g/mol. The van der Waals surface area contributed by atoms with Crippen LogP contribution in [0.2, 0.25) is 0 Å². The molecule has 1 aliphatic rings. The van der Waals surface area contributed by atoms with Crippen molar-refractivity contribution in [1.82, 2.24) is 20.6 Å². The summed E-state index contributed by atoms with van der Waals surface area (Å²) in [6, 6.07) is 2.95. The number of rotatable bonds is 4. The van der Waals surface area contributed by atoms with Gasteiger partial charge in [-0.3, -0.25) is 9.78 Å². The van der Waals surface area contributed by atoms with E-state index in [4.69, 9.17) is 0 Å². The van der Waals surface area contributed by atoms with Crippen molar-refractivity contribution in [3.63, 3.8) is 0 Å². The third kappa shape index (κ3) is 4.93. The van der Waals surface area contributed by atoms with Gasteiger partial charge in [-0.25, -0.2) is 13.8 Å². The van der Waals surface area contributed by atoms with Crippen molar-refractivity contribution in [2.75, 3.05) is 6.54 Å². The van der Waals surface area contributed by atoms with Crippen LogP contribution >= 0.6 is 12.4 Å². The molecule has 0 unspecified atom stereocenters. The van der Waals surface area contributed by atoms with E-state index in [1.54, 1.807) is 0 Å². The molecule has 28 heavy (non-hydrogen) atoms. The average molecular weight is 423 g/mol. The highest BCUT2D eigenvalue weighted by Gasteiger charge is 2.33. The number of amides is 1. The molecule has 2 atom stereocenters. The lowest BCUT2D eigenvalue weighted by Crippen LogP contribution is -2.44. The fourth-order valence-corrected chi connectivity index (χ4v) is 2.72. The number of hydrogen-bond donors (Lipinski definition) is 2. The Kier molecular flexibility index (Phi) is 6.89. The summed E-state index contributed by atoms with van der Waals surface area (Å²) in [4.78, 5) is 18.8. The van der Waals surface area contributed by atoms with Gasteiger partial charge in [0, 0.05) is 12.1 Å². The second-order valence-corrected chi connectivity index (χ2v) is 6.05. The Bertz CT molecular complexity index is 831. The van der Waals surface area contributed by atoms with Crippen LogP contribution in [-0.2, 0) is 17.5 Å². The van der Waals surface area contributed by atoms with Crippen LogP contribution in [0.1, 0.15) is 17.7 Å². The third-order valence-corrected chi connectivity index (χ3v) is 4.14. The molecule has 1 aromatic carbocycles. The minimum absolute atomic E-state index is 0. The van der Waals surface area contributed by atoms with Crippen LogP contribution in [0.15, 0.2) is 30.6 Å². The summed E-state index contributed by atoms with van der Waals surface area (Å²) in [6.07, 6.45) is -4.29. The first-order chi connectivity index (χ1) is 12.8. The summed E-state index contributed by atoms with van der Waals surface area (Å²) in [5.41, 5.74) is -0.824. The van der Waals surface area contributed by atoms with Gasteiger partial charge >= 0.3 is 6.18 Å². The van der Waals surface area contributed by atoms with Crippen LogP contribution in [0.5, 0.6) is 0 Å². The van der Waals surface area contributed by atoms with Gasteiger partial charge in [0.05, 0.1) is 18.1 Å². The van der Waals surface area contributed by atoms with Gasteiger partial charge in [0.2, 0.25) is 5.91 Å². The molecule has 152 valence electrons. The highest BCUT2D eigenvalue weighted by molar-refractivity contribution is 5.85. The van der Waals surface area contributed by atoms with Crippen molar-refractivity contribution in [2.24, 2.45) is 0 Å². The van der Waals surface area contributed by atoms with Gasteiger partial charge in [-0.2, -0.15) is 13.2 Å². The largest absolute Gasteiger partial charge is 0.434 e. The van der Waals surface area contributed by atoms with Crippen molar-refractivity contribution < 1.29 is 26.7 Å². The van der Waals surface area contributed by atoms with Crippen LogP contribution in [0, 0.1) is 5.82 Å². The zero-order valence-electron chi connectivity index (χ0n) is 14.3. The summed E-state index contributed by atoms with van der Waals surface area (Å²) in [5, 5.41) is 5.30. The fourth-order valence-electron chi connectivity index (χ4n) is 2.72. The number of halogens is 6. The van der Waals surface area contributed by atoms with Gasteiger partial charge < -0.3 is 10.6 Å². The Morgan fingerprint density at radius 1 is 1.25 bits per heavy atom. The molecule has 0 aliphatic carbocycles. The van der Waals surface area contributed by atoms with E-state index in [0.29, 0.717) is 18.3 Å². The first-order valence-electron chi connectivity index (χ1n) is 8.09. The maximum atomic E-state index is 14.0. The highest BCUT2D eigenvalue weighted by Crippen LogP contribution is 2.28. The maximum Gasteiger partial charge on any atom is 0.434 e. The van der Waals surface area contributed by atoms with E-state index in [0.717, 1.165) is 12.3 Å². The van der Waals surface area contributed by atoms with Gasteiger partial charge in [-0.05, 0) is 30.7 Å². The number of carbonyl (C=O) groups is 1. The molecule has 3 rings (SSSR count). The van der Waals surface area contributed by atoms with Gasteiger partial charge in [0.25, 0.3) is 0 Å². The molecule has 1 aliphatic heterocycles. The number of hydrogen-bond acceptors (Lipinski definition) is 4. The highest BCUT2D eigenvalue weighted by atomic mass is 35.5. The number of nitrogens with one attached hydrogen (secondary N) is 2. The van der Waals surface area contributed by atoms with Gasteiger partial charge in [0.15, 0.2) is 5.69 Å². The van der Waals surface area contributed by atoms with E-state index in [9.17, 15) is 26.7 Å². The predicted molar refractivity (Wildman–Crippen MR) is 92.8 cm³/mol. The van der Waals surface area contributed by atoms with Crippen LogP contribution in [-0.4, -0.2) is 34.6 Å². The standard InChI is InChI=1S/C17H15F5N4O.ClH/c18-11-2-1-9(6-26-16(27)15-12(19)3-4-23-15)5-10(11)13-7-25-14(8-24-13)17(20,21)22;/h1-2,5,7-8,12,15,23H,3-4,6H2,(H,26,27);1H/t12-,15-;/m0./s1.